The Hall–Kier alpha value is -3.39. The topological polar surface area (TPSA) is 82.5 Å². The zero-order chi connectivity index (χ0) is 23.2. The van der Waals surface area contributed by atoms with Gasteiger partial charge in [0.15, 0.2) is 0 Å². The van der Waals surface area contributed by atoms with E-state index in [0.29, 0.717) is 44.0 Å². The summed E-state index contributed by atoms with van der Waals surface area (Å²) in [5.74, 6) is 0.508. The highest BCUT2D eigenvalue weighted by Gasteiger charge is 2.20. The molecule has 33 heavy (non-hydrogen) atoms. The molecule has 1 amide bonds. The van der Waals surface area contributed by atoms with Crippen LogP contribution in [0.3, 0.4) is 0 Å². The Bertz CT molecular complexity index is 1270. The molecule has 0 N–H and O–H groups in total. The largest absolute Gasteiger partial charge is 0.467 e. The molecule has 0 aliphatic rings. The number of benzene rings is 1. The van der Waals surface area contributed by atoms with Crippen molar-refractivity contribution < 1.29 is 13.9 Å². The second-order valence-electron chi connectivity index (χ2n) is 7.98. The Morgan fingerprint density at radius 1 is 1.15 bits per heavy atom. The van der Waals surface area contributed by atoms with E-state index in [1.54, 1.807) is 23.4 Å². The molecular formula is C25H30N4O4. The smallest absolute Gasteiger partial charge is 0.291 e. The monoisotopic (exact) mass is 450 g/mol. The number of ether oxygens (including phenoxy) is 1. The fourth-order valence-corrected chi connectivity index (χ4v) is 4.17. The van der Waals surface area contributed by atoms with E-state index < -0.39 is 0 Å². The fourth-order valence-electron chi connectivity index (χ4n) is 4.17. The number of carbonyl (C=O) groups excluding carboxylic acids is 1. The summed E-state index contributed by atoms with van der Waals surface area (Å²) in [4.78, 5) is 28.3. The SMILES string of the molecule is CCCn1c2ccccc2c2cnn(CC(=O)N(CCCOCC)Cc3ccco3)c(=O)c21. The van der Waals surface area contributed by atoms with Gasteiger partial charge in [-0.1, -0.05) is 25.1 Å². The lowest BCUT2D eigenvalue weighted by Gasteiger charge is -2.22. The lowest BCUT2D eigenvalue weighted by molar-refractivity contribution is -0.133. The summed E-state index contributed by atoms with van der Waals surface area (Å²) in [6, 6.07) is 11.6. The summed E-state index contributed by atoms with van der Waals surface area (Å²) < 4.78 is 14.2. The van der Waals surface area contributed by atoms with E-state index in [0.717, 1.165) is 29.3 Å². The van der Waals surface area contributed by atoms with Gasteiger partial charge in [0.25, 0.3) is 5.56 Å². The molecule has 0 saturated heterocycles. The normalized spacial score (nSPS) is 11.5. The number of para-hydroxylation sites is 1. The van der Waals surface area contributed by atoms with Crippen LogP contribution in [0.4, 0.5) is 0 Å². The second kappa shape index (κ2) is 10.5. The van der Waals surface area contributed by atoms with Crippen molar-refractivity contribution in [1.29, 1.82) is 0 Å². The minimum absolute atomic E-state index is 0.127. The number of hydrogen-bond donors (Lipinski definition) is 0. The number of amides is 1. The van der Waals surface area contributed by atoms with Crippen LogP contribution in [0.25, 0.3) is 21.8 Å². The van der Waals surface area contributed by atoms with Crippen LogP contribution in [0.5, 0.6) is 0 Å². The van der Waals surface area contributed by atoms with E-state index in [1.807, 2.05) is 41.8 Å². The van der Waals surface area contributed by atoms with E-state index in [1.165, 1.54) is 4.68 Å². The Morgan fingerprint density at radius 2 is 2.00 bits per heavy atom. The summed E-state index contributed by atoms with van der Waals surface area (Å²) in [6.07, 6.45) is 4.88. The van der Waals surface area contributed by atoms with Crippen molar-refractivity contribution in [2.75, 3.05) is 19.8 Å². The van der Waals surface area contributed by atoms with E-state index in [4.69, 9.17) is 9.15 Å². The van der Waals surface area contributed by atoms with Crippen LogP contribution >= 0.6 is 0 Å². The first-order chi connectivity index (χ1) is 16.1. The van der Waals surface area contributed by atoms with E-state index in [9.17, 15) is 9.59 Å². The number of fused-ring (bicyclic) bond motifs is 3. The van der Waals surface area contributed by atoms with Crippen molar-refractivity contribution in [3.63, 3.8) is 0 Å². The summed E-state index contributed by atoms with van der Waals surface area (Å²) in [7, 11) is 0. The molecule has 0 unspecified atom stereocenters. The zero-order valence-corrected chi connectivity index (χ0v) is 19.2. The Morgan fingerprint density at radius 3 is 2.76 bits per heavy atom. The molecule has 8 heteroatoms. The summed E-state index contributed by atoms with van der Waals surface area (Å²) in [6.45, 7) is 6.67. The molecule has 174 valence electrons. The second-order valence-corrected chi connectivity index (χ2v) is 7.98. The van der Waals surface area contributed by atoms with E-state index in [-0.39, 0.29) is 18.0 Å². The average Bonchev–Trinajstić information content (AvgIpc) is 3.45. The molecule has 4 aromatic rings. The third-order valence-corrected chi connectivity index (χ3v) is 5.71. The number of aromatic nitrogens is 3. The van der Waals surface area contributed by atoms with Crippen LogP contribution in [-0.4, -0.2) is 44.9 Å². The molecule has 0 atom stereocenters. The van der Waals surface area contributed by atoms with Gasteiger partial charge < -0.3 is 18.6 Å². The van der Waals surface area contributed by atoms with Crippen LogP contribution in [0.1, 0.15) is 32.4 Å². The molecule has 0 aliphatic heterocycles. The van der Waals surface area contributed by atoms with Gasteiger partial charge >= 0.3 is 0 Å². The molecule has 3 heterocycles. The lowest BCUT2D eigenvalue weighted by atomic mass is 10.2. The first kappa shape index (κ1) is 22.8. The van der Waals surface area contributed by atoms with Gasteiger partial charge in [-0.05, 0) is 38.0 Å². The van der Waals surface area contributed by atoms with Crippen molar-refractivity contribution in [3.8, 4) is 0 Å². The van der Waals surface area contributed by atoms with Crippen LogP contribution in [0, 0.1) is 0 Å². The maximum Gasteiger partial charge on any atom is 0.291 e. The average molecular weight is 451 g/mol. The third-order valence-electron chi connectivity index (χ3n) is 5.71. The van der Waals surface area contributed by atoms with Gasteiger partial charge in [-0.2, -0.15) is 5.10 Å². The van der Waals surface area contributed by atoms with Gasteiger partial charge in [-0.3, -0.25) is 9.59 Å². The van der Waals surface area contributed by atoms with Crippen molar-refractivity contribution in [3.05, 3.63) is 65.0 Å². The number of hydrogen-bond acceptors (Lipinski definition) is 5. The Kier molecular flexibility index (Phi) is 7.24. The first-order valence-corrected chi connectivity index (χ1v) is 11.5. The molecule has 0 radical (unpaired) electrons. The van der Waals surface area contributed by atoms with Crippen LogP contribution in [0.2, 0.25) is 0 Å². The highest BCUT2D eigenvalue weighted by atomic mass is 16.5. The highest BCUT2D eigenvalue weighted by molar-refractivity contribution is 6.07. The fraction of sp³-hybridized carbons (Fsp3) is 0.400. The summed E-state index contributed by atoms with van der Waals surface area (Å²) in [5.41, 5.74) is 1.35. The van der Waals surface area contributed by atoms with Gasteiger partial charge in [-0.15, -0.1) is 0 Å². The van der Waals surface area contributed by atoms with Crippen LogP contribution in [0.15, 0.2) is 58.1 Å². The minimum Gasteiger partial charge on any atom is -0.467 e. The minimum atomic E-state index is -0.252. The summed E-state index contributed by atoms with van der Waals surface area (Å²) in [5, 5.41) is 6.17. The first-order valence-electron chi connectivity index (χ1n) is 11.5. The van der Waals surface area contributed by atoms with Crippen molar-refractivity contribution in [2.45, 2.75) is 46.3 Å². The lowest BCUT2D eigenvalue weighted by Crippen LogP contribution is -2.38. The molecule has 0 saturated carbocycles. The van der Waals surface area contributed by atoms with Gasteiger partial charge in [0.1, 0.15) is 17.8 Å². The van der Waals surface area contributed by atoms with Crippen molar-refractivity contribution in [1.82, 2.24) is 19.2 Å². The van der Waals surface area contributed by atoms with E-state index in [2.05, 4.69) is 12.0 Å². The summed E-state index contributed by atoms with van der Waals surface area (Å²) >= 11 is 0. The van der Waals surface area contributed by atoms with Gasteiger partial charge in [0.05, 0.1) is 19.0 Å². The molecule has 8 nitrogen and oxygen atoms in total. The number of carbonyl (C=O) groups is 1. The van der Waals surface area contributed by atoms with Gasteiger partial charge in [-0.25, -0.2) is 4.68 Å². The quantitative estimate of drug-likeness (QED) is 0.325. The van der Waals surface area contributed by atoms with Gasteiger partial charge in [0.2, 0.25) is 5.91 Å². The predicted molar refractivity (Wildman–Crippen MR) is 127 cm³/mol. The maximum atomic E-state index is 13.4. The molecule has 3 aromatic heterocycles. The maximum absolute atomic E-state index is 13.4. The van der Waals surface area contributed by atoms with Crippen molar-refractivity contribution in [2.24, 2.45) is 0 Å². The van der Waals surface area contributed by atoms with Crippen molar-refractivity contribution >= 4 is 27.7 Å². The van der Waals surface area contributed by atoms with E-state index >= 15 is 0 Å². The highest BCUT2D eigenvalue weighted by Crippen LogP contribution is 2.26. The standard InChI is InChI=1S/C25H30N4O4/c1-3-12-28-22-11-6-5-10-20(22)21-16-26-29(25(31)24(21)28)18-23(30)27(13-8-14-32-4-2)17-19-9-7-15-33-19/h5-7,9-11,15-16H,3-4,8,12-14,17-18H2,1-2H3. The zero-order valence-electron chi connectivity index (χ0n) is 19.2. The van der Waals surface area contributed by atoms with Crippen LogP contribution in [-0.2, 0) is 29.2 Å². The molecule has 1 aromatic carbocycles. The third kappa shape index (κ3) is 4.85. The Balaban J connectivity index is 1.63. The molecule has 4 rings (SSSR count). The predicted octanol–water partition coefficient (Wildman–Crippen LogP) is 3.81. The number of nitrogens with zero attached hydrogens (tertiary/aromatic N) is 4. The number of aryl methyl sites for hydroxylation is 1. The molecule has 0 fully saturated rings. The molecular weight excluding hydrogens is 420 g/mol. The van der Waals surface area contributed by atoms with Crippen LogP contribution < -0.4 is 5.56 Å². The number of furan rings is 1. The Labute approximate surface area is 192 Å². The molecule has 0 spiro atoms. The molecule has 0 bridgehead atoms. The van der Waals surface area contributed by atoms with Gasteiger partial charge in [0, 0.05) is 42.6 Å². The molecule has 0 aliphatic carbocycles. The number of rotatable bonds is 11.